The second kappa shape index (κ2) is 9.29. The summed E-state index contributed by atoms with van der Waals surface area (Å²) in [5.41, 5.74) is 1.20. The van der Waals surface area contributed by atoms with E-state index < -0.39 is 0 Å². The third kappa shape index (κ3) is 5.55. The zero-order valence-corrected chi connectivity index (χ0v) is 13.7. The maximum absolute atomic E-state index is 4.81. The van der Waals surface area contributed by atoms with Crippen LogP contribution < -0.4 is 5.32 Å². The van der Waals surface area contributed by atoms with Gasteiger partial charge in [-0.15, -0.1) is 0 Å². The fraction of sp³-hybridized carbons (Fsp3) is 0.615. The molecule has 2 atom stereocenters. The molecule has 18 heavy (non-hydrogen) atoms. The Morgan fingerprint density at radius 3 is 2.61 bits per heavy atom. The minimum atomic E-state index is -0.106. The van der Waals surface area contributed by atoms with Gasteiger partial charge in [-0.05, 0) is 37.3 Å². The van der Waals surface area contributed by atoms with Crippen LogP contribution in [0.4, 0.5) is 0 Å². The van der Waals surface area contributed by atoms with Gasteiger partial charge in [-0.2, -0.15) is 0 Å². The Labute approximate surface area is 126 Å². The van der Waals surface area contributed by atoms with E-state index >= 15 is 0 Å². The Hall–Kier alpha value is 0.352. The number of aromatic nitrogens is 1. The first-order valence-electron chi connectivity index (χ1n) is 6.18. The molecule has 1 aliphatic rings. The van der Waals surface area contributed by atoms with E-state index in [1.165, 1.54) is 25.0 Å². The Bertz CT molecular complexity index is 322. The van der Waals surface area contributed by atoms with Gasteiger partial charge in [0.2, 0.25) is 0 Å². The van der Waals surface area contributed by atoms with E-state index in [9.17, 15) is 0 Å². The van der Waals surface area contributed by atoms with Crippen molar-refractivity contribution in [2.24, 2.45) is 5.92 Å². The van der Waals surface area contributed by atoms with Gasteiger partial charge in [0, 0.05) is 18.3 Å². The van der Waals surface area contributed by atoms with Crippen molar-refractivity contribution in [2.75, 3.05) is 0 Å². The number of hydrogen-bond donors (Lipinski definition) is 1. The number of piperidine rings is 1. The molecule has 0 spiro atoms. The molecule has 2 nitrogen and oxygen atoms in total. The van der Waals surface area contributed by atoms with Crippen LogP contribution in [0.25, 0.3) is 0 Å². The molecule has 0 saturated carbocycles. The van der Waals surface area contributed by atoms with E-state index in [2.05, 4.69) is 36.3 Å². The van der Waals surface area contributed by atoms with Crippen LogP contribution in [-0.4, -0.2) is 11.0 Å². The summed E-state index contributed by atoms with van der Waals surface area (Å²) in [5, 5.41) is 3.71. The maximum atomic E-state index is 4.81. The normalized spacial score (nSPS) is 23.6. The summed E-state index contributed by atoms with van der Waals surface area (Å²) in [6, 6.07) is 7.30. The van der Waals surface area contributed by atoms with Crippen LogP contribution in [0, 0.1) is 5.92 Å². The number of pyridine rings is 1. The van der Waals surface area contributed by atoms with E-state index in [1.54, 1.807) is 0 Å². The fourth-order valence-electron chi connectivity index (χ4n) is 2.31. The monoisotopic (exact) mass is 380 g/mol. The molecule has 1 aromatic heterocycles. The first-order chi connectivity index (χ1) is 8.69. The number of halogens is 2. The Morgan fingerprint density at radius 2 is 2.06 bits per heavy atom. The van der Waals surface area contributed by atoms with Crippen molar-refractivity contribution >= 4 is 19.1 Å². The Kier molecular flexibility index (Phi) is 8.46. The van der Waals surface area contributed by atoms with Crippen molar-refractivity contribution in [3.05, 3.63) is 30.1 Å². The molecule has 2 rings (SSSR count). The molecule has 0 bridgehead atoms. The molecule has 1 fully saturated rings. The van der Waals surface area contributed by atoms with Gasteiger partial charge in [0.05, 0.1) is 5.69 Å². The SMILES string of the molecule is CC(C)[C@@H]1CCC[C@H](c2ccccn2)N1.[Cl][Pd][Cl]. The summed E-state index contributed by atoms with van der Waals surface area (Å²) in [6.45, 7) is 4.58. The molecule has 0 unspecified atom stereocenters. The number of hydrogen-bond acceptors (Lipinski definition) is 2. The first kappa shape index (κ1) is 16.4. The third-order valence-corrected chi connectivity index (χ3v) is 3.27. The Morgan fingerprint density at radius 1 is 1.33 bits per heavy atom. The van der Waals surface area contributed by atoms with Crippen LogP contribution in [-0.2, 0) is 15.9 Å². The first-order valence-corrected chi connectivity index (χ1v) is 10.2. The van der Waals surface area contributed by atoms with Gasteiger partial charge in [0.25, 0.3) is 0 Å². The number of nitrogens with one attached hydrogen (secondary N) is 1. The number of rotatable bonds is 2. The zero-order valence-electron chi connectivity index (χ0n) is 10.7. The summed E-state index contributed by atoms with van der Waals surface area (Å²) < 4.78 is 0. The molecule has 5 heteroatoms. The van der Waals surface area contributed by atoms with Gasteiger partial charge in [-0.25, -0.2) is 0 Å². The molecule has 106 valence electrons. The van der Waals surface area contributed by atoms with Crippen LogP contribution in [0.1, 0.15) is 44.8 Å². The topological polar surface area (TPSA) is 24.9 Å². The molecule has 0 aromatic carbocycles. The van der Waals surface area contributed by atoms with E-state index in [4.69, 9.17) is 19.1 Å². The van der Waals surface area contributed by atoms with Gasteiger partial charge in [0.1, 0.15) is 0 Å². The molecule has 2 heterocycles. The van der Waals surface area contributed by atoms with Crippen LogP contribution in [0.15, 0.2) is 24.4 Å². The molecule has 0 radical (unpaired) electrons. The average molecular weight is 382 g/mol. The Balaban J connectivity index is 0.000000492. The van der Waals surface area contributed by atoms with Crippen LogP contribution in [0.2, 0.25) is 0 Å². The molecule has 1 aliphatic heterocycles. The van der Waals surface area contributed by atoms with Crippen LogP contribution in [0.3, 0.4) is 0 Å². The van der Waals surface area contributed by atoms with Gasteiger partial charge in [-0.1, -0.05) is 19.9 Å². The van der Waals surface area contributed by atoms with Crippen molar-refractivity contribution in [1.82, 2.24) is 10.3 Å². The predicted molar refractivity (Wildman–Crippen MR) is 74.3 cm³/mol. The molecule has 0 aliphatic carbocycles. The predicted octanol–water partition coefficient (Wildman–Crippen LogP) is 4.30. The van der Waals surface area contributed by atoms with Crippen LogP contribution >= 0.6 is 19.1 Å². The van der Waals surface area contributed by atoms with Gasteiger partial charge < -0.3 is 5.32 Å². The molecule has 1 N–H and O–H groups in total. The fourth-order valence-corrected chi connectivity index (χ4v) is 2.31. The van der Waals surface area contributed by atoms with E-state index in [-0.39, 0.29) is 15.9 Å². The summed E-state index contributed by atoms with van der Waals surface area (Å²) in [6.07, 6.45) is 5.73. The summed E-state index contributed by atoms with van der Waals surface area (Å²) in [5.74, 6) is 0.719. The number of nitrogens with zero attached hydrogens (tertiary/aromatic N) is 1. The molecule has 1 saturated heterocycles. The van der Waals surface area contributed by atoms with Gasteiger partial charge in [0.15, 0.2) is 0 Å². The molecule has 0 amide bonds. The van der Waals surface area contributed by atoms with Gasteiger partial charge in [-0.3, -0.25) is 4.98 Å². The van der Waals surface area contributed by atoms with Crippen molar-refractivity contribution < 1.29 is 15.9 Å². The van der Waals surface area contributed by atoms with E-state index in [1.807, 2.05) is 12.3 Å². The second-order valence-electron chi connectivity index (χ2n) is 4.80. The third-order valence-electron chi connectivity index (χ3n) is 3.27. The molecular weight excluding hydrogens is 361 g/mol. The standard InChI is InChI=1S/C13H20N2.2ClH.Pd/c1-10(2)11-7-5-8-13(15-11)12-6-3-4-9-14-12;;;/h3-4,6,9-11,13,15H,5,7-8H2,1-2H3;2*1H;/q;;;+2/p-2/t11-,13+;;;/m0.../s1. The molecular formula is C13H20Cl2N2Pd. The van der Waals surface area contributed by atoms with Crippen molar-refractivity contribution in [1.29, 1.82) is 0 Å². The van der Waals surface area contributed by atoms with Crippen molar-refractivity contribution in [3.63, 3.8) is 0 Å². The van der Waals surface area contributed by atoms with Gasteiger partial charge >= 0.3 is 35.0 Å². The second-order valence-corrected chi connectivity index (χ2v) is 7.16. The summed E-state index contributed by atoms with van der Waals surface area (Å²) in [4.78, 5) is 4.43. The van der Waals surface area contributed by atoms with Crippen molar-refractivity contribution in [3.8, 4) is 0 Å². The summed E-state index contributed by atoms with van der Waals surface area (Å²) >= 11 is -0.106. The van der Waals surface area contributed by atoms with E-state index in [0.29, 0.717) is 12.1 Å². The molecule has 1 aromatic rings. The van der Waals surface area contributed by atoms with Crippen LogP contribution in [0.5, 0.6) is 0 Å². The minimum absolute atomic E-state index is 0.106. The average Bonchev–Trinajstić information content (AvgIpc) is 2.41. The zero-order chi connectivity index (χ0) is 13.4. The quantitative estimate of drug-likeness (QED) is 0.773. The van der Waals surface area contributed by atoms with E-state index in [0.717, 1.165) is 5.92 Å². The summed E-state index contributed by atoms with van der Waals surface area (Å²) in [7, 11) is 9.63. The van der Waals surface area contributed by atoms with Crippen molar-refractivity contribution in [2.45, 2.75) is 45.2 Å².